The summed E-state index contributed by atoms with van der Waals surface area (Å²) in [5, 5.41) is 29.7. The number of hydrogen-bond donors (Lipinski definition) is 0. The Bertz CT molecular complexity index is 1750. The maximum absolute atomic E-state index is 9.99. The van der Waals surface area contributed by atoms with Crippen LogP contribution in [0.3, 0.4) is 0 Å². The molecule has 4 aromatic rings. The molecule has 0 atom stereocenters. The molecule has 0 aliphatic carbocycles. The van der Waals surface area contributed by atoms with Gasteiger partial charge in [-0.1, -0.05) is 57.8 Å². The number of rotatable bonds is 1. The summed E-state index contributed by atoms with van der Waals surface area (Å²) in [5.74, 6) is 0. The molecule has 0 unspecified atom stereocenters. The second-order valence-electron chi connectivity index (χ2n) is 9.77. The minimum absolute atomic E-state index is 0.108. The molecule has 0 amide bonds. The van der Waals surface area contributed by atoms with Gasteiger partial charge in [-0.05, 0) is 68.1 Å². The molecule has 0 N–H and O–H groups in total. The molecule has 0 saturated carbocycles. The highest BCUT2D eigenvalue weighted by Gasteiger charge is 2.45. The molecule has 0 fully saturated rings. The zero-order valence-corrected chi connectivity index (χ0v) is 21.9. The lowest BCUT2D eigenvalue weighted by atomic mass is 9.33. The smallest absolute Gasteiger partial charge is 0.247 e. The summed E-state index contributed by atoms with van der Waals surface area (Å²) in [5.41, 5.74) is 12.1. The monoisotopic (exact) mass is 508 g/mol. The molecule has 7 heteroatoms. The fourth-order valence-electron chi connectivity index (χ4n) is 6.18. The molecule has 172 valence electrons. The van der Waals surface area contributed by atoms with Crippen LogP contribution in [-0.2, 0) is 0 Å². The normalized spacial score (nSPS) is 13.4. The Balaban J connectivity index is 1.65. The van der Waals surface area contributed by atoms with Crippen molar-refractivity contribution in [3.05, 3.63) is 81.9 Å². The van der Waals surface area contributed by atoms with Crippen molar-refractivity contribution in [1.82, 2.24) is 0 Å². The summed E-state index contributed by atoms with van der Waals surface area (Å²) in [6, 6.07) is 23.4. The Hall–Kier alpha value is -4.09. The summed E-state index contributed by atoms with van der Waals surface area (Å²) >= 11 is 3.27. The standard InChI is InChI=1S/C30H17BN4S2/c1-15-4-16(2)27(17(3)5-15)31-21-6-18(12-32)8-23-28(21)35-29-22(31)7-19(13-33)9-24(29)37-26-11-20(14-34)10-25(36-23)30(26)35/h4-11H,1-3H3. The summed E-state index contributed by atoms with van der Waals surface area (Å²) in [7, 11) is 0. The van der Waals surface area contributed by atoms with Gasteiger partial charge in [0.15, 0.2) is 0 Å². The van der Waals surface area contributed by atoms with Crippen LogP contribution in [0, 0.1) is 54.8 Å². The highest BCUT2D eigenvalue weighted by molar-refractivity contribution is 8.00. The van der Waals surface area contributed by atoms with Crippen molar-refractivity contribution in [3.8, 4) is 18.2 Å². The van der Waals surface area contributed by atoms with Gasteiger partial charge in [-0.2, -0.15) is 15.8 Å². The average Bonchev–Trinajstić information content (AvgIpc) is 2.88. The quantitative estimate of drug-likeness (QED) is 0.275. The Kier molecular flexibility index (Phi) is 4.61. The Morgan fingerprint density at radius 1 is 0.595 bits per heavy atom. The van der Waals surface area contributed by atoms with E-state index >= 15 is 0 Å². The van der Waals surface area contributed by atoms with Crippen LogP contribution in [0.1, 0.15) is 33.4 Å². The van der Waals surface area contributed by atoms with Gasteiger partial charge in [0, 0.05) is 19.6 Å². The van der Waals surface area contributed by atoms with Crippen molar-refractivity contribution in [1.29, 1.82) is 15.8 Å². The zero-order valence-electron chi connectivity index (χ0n) is 20.3. The predicted molar refractivity (Wildman–Crippen MR) is 149 cm³/mol. The van der Waals surface area contributed by atoms with Gasteiger partial charge in [0.25, 0.3) is 0 Å². The van der Waals surface area contributed by atoms with Gasteiger partial charge in [-0.25, -0.2) is 0 Å². The van der Waals surface area contributed by atoms with Crippen molar-refractivity contribution in [3.63, 3.8) is 0 Å². The highest BCUT2D eigenvalue weighted by Crippen LogP contribution is 2.60. The summed E-state index contributed by atoms with van der Waals surface area (Å²) in [6.07, 6.45) is 0. The molecule has 37 heavy (non-hydrogen) atoms. The van der Waals surface area contributed by atoms with E-state index in [9.17, 15) is 15.8 Å². The first-order valence-electron chi connectivity index (χ1n) is 11.9. The summed E-state index contributed by atoms with van der Waals surface area (Å²) in [4.78, 5) is 6.38. The van der Waals surface area contributed by atoms with Crippen LogP contribution in [0.2, 0.25) is 0 Å². The lowest BCUT2D eigenvalue weighted by Crippen LogP contribution is -2.59. The van der Waals surface area contributed by atoms with E-state index in [0.29, 0.717) is 16.7 Å². The molecular formula is C30H17BN4S2. The van der Waals surface area contributed by atoms with Crippen molar-refractivity contribution >= 4 is 63.7 Å². The van der Waals surface area contributed by atoms with E-state index in [0.717, 1.165) is 47.6 Å². The second kappa shape index (κ2) is 7.71. The Labute approximate surface area is 224 Å². The average molecular weight is 508 g/mol. The molecule has 4 aromatic carbocycles. The Morgan fingerprint density at radius 3 is 1.43 bits per heavy atom. The van der Waals surface area contributed by atoms with E-state index in [-0.39, 0.29) is 6.71 Å². The fraction of sp³-hybridized carbons (Fsp3) is 0.100. The van der Waals surface area contributed by atoms with E-state index in [1.54, 1.807) is 23.5 Å². The predicted octanol–water partition coefficient (Wildman–Crippen LogP) is 5.46. The minimum atomic E-state index is -0.108. The van der Waals surface area contributed by atoms with E-state index in [4.69, 9.17) is 0 Å². The van der Waals surface area contributed by atoms with Crippen LogP contribution in [0.15, 0.2) is 68.1 Å². The minimum Gasteiger partial charge on any atom is -0.307 e. The molecule has 0 radical (unpaired) electrons. The van der Waals surface area contributed by atoms with Crippen LogP contribution < -0.4 is 21.3 Å². The number of aryl methyl sites for hydroxylation is 3. The van der Waals surface area contributed by atoms with E-state index < -0.39 is 0 Å². The van der Waals surface area contributed by atoms with Crippen LogP contribution >= 0.6 is 23.5 Å². The molecule has 3 aliphatic heterocycles. The number of anilines is 3. The Morgan fingerprint density at radius 2 is 1.00 bits per heavy atom. The first-order chi connectivity index (χ1) is 17.9. The third-order valence-corrected chi connectivity index (χ3v) is 9.52. The maximum atomic E-state index is 9.99. The molecule has 3 aliphatic rings. The lowest BCUT2D eigenvalue weighted by molar-refractivity contribution is 1.08. The molecule has 7 rings (SSSR count). The second-order valence-corrected chi connectivity index (χ2v) is 11.9. The highest BCUT2D eigenvalue weighted by atomic mass is 32.2. The third kappa shape index (κ3) is 2.98. The molecule has 0 aromatic heterocycles. The first kappa shape index (κ1) is 22.1. The number of nitrogens with zero attached hydrogens (tertiary/aromatic N) is 4. The third-order valence-electron chi connectivity index (χ3n) is 7.40. The number of hydrogen-bond acceptors (Lipinski definition) is 6. The molecule has 3 heterocycles. The molecule has 0 saturated heterocycles. The lowest BCUT2D eigenvalue weighted by Gasteiger charge is -2.45. The van der Waals surface area contributed by atoms with Gasteiger partial charge in [-0.15, -0.1) is 0 Å². The van der Waals surface area contributed by atoms with Crippen LogP contribution in [0.5, 0.6) is 0 Å². The van der Waals surface area contributed by atoms with Gasteiger partial charge < -0.3 is 4.90 Å². The molecule has 0 bridgehead atoms. The zero-order chi connectivity index (χ0) is 25.6. The summed E-state index contributed by atoms with van der Waals surface area (Å²) in [6.45, 7) is 6.32. The largest absolute Gasteiger partial charge is 0.307 e. The molecular weight excluding hydrogens is 491 g/mol. The van der Waals surface area contributed by atoms with Crippen LogP contribution in [-0.4, -0.2) is 6.71 Å². The van der Waals surface area contributed by atoms with Crippen molar-refractivity contribution in [2.45, 2.75) is 40.4 Å². The van der Waals surface area contributed by atoms with Gasteiger partial charge in [0.2, 0.25) is 6.71 Å². The first-order valence-corrected chi connectivity index (χ1v) is 13.5. The van der Waals surface area contributed by atoms with Gasteiger partial charge in [0.05, 0.1) is 52.0 Å². The summed E-state index contributed by atoms with van der Waals surface area (Å²) < 4.78 is 0. The topological polar surface area (TPSA) is 74.6 Å². The molecule has 0 spiro atoms. The maximum Gasteiger partial charge on any atom is 0.247 e. The fourth-order valence-corrected chi connectivity index (χ4v) is 8.67. The van der Waals surface area contributed by atoms with Gasteiger partial charge >= 0.3 is 0 Å². The van der Waals surface area contributed by atoms with E-state index in [1.807, 2.05) is 36.4 Å². The SMILES string of the molecule is Cc1cc(C)c(B2c3cc(C#N)cc4c3N3c5c(cc(C#N)cc5Sc5cc(C#N)cc2c53)S4)c(C)c1. The van der Waals surface area contributed by atoms with Gasteiger partial charge in [-0.3, -0.25) is 0 Å². The van der Waals surface area contributed by atoms with E-state index in [1.165, 1.54) is 22.2 Å². The number of benzene rings is 4. The van der Waals surface area contributed by atoms with Crippen molar-refractivity contribution in [2.75, 3.05) is 4.90 Å². The van der Waals surface area contributed by atoms with Gasteiger partial charge in [0.1, 0.15) is 0 Å². The van der Waals surface area contributed by atoms with Crippen molar-refractivity contribution in [2.24, 2.45) is 0 Å². The van der Waals surface area contributed by atoms with Crippen LogP contribution in [0.25, 0.3) is 0 Å². The van der Waals surface area contributed by atoms with Crippen molar-refractivity contribution < 1.29 is 0 Å². The van der Waals surface area contributed by atoms with E-state index in [2.05, 4.69) is 56.0 Å². The van der Waals surface area contributed by atoms with Crippen LogP contribution in [0.4, 0.5) is 17.1 Å². The number of nitriles is 3. The molecule has 4 nitrogen and oxygen atoms in total.